The van der Waals surface area contributed by atoms with Gasteiger partial charge in [0.25, 0.3) is 0 Å². The van der Waals surface area contributed by atoms with Crippen molar-refractivity contribution in [1.82, 2.24) is 19.5 Å². The number of nitrogens with zero attached hydrogens (tertiary/aromatic N) is 4. The normalized spacial score (nSPS) is 14.4. The second-order valence-corrected chi connectivity index (χ2v) is 9.08. The molecular formula is C27H31N5O2. The number of fused-ring (bicyclic) bond motifs is 2. The van der Waals surface area contributed by atoms with Gasteiger partial charge in [0.15, 0.2) is 5.65 Å². The average Bonchev–Trinajstić information content (AvgIpc) is 3.07. The summed E-state index contributed by atoms with van der Waals surface area (Å²) in [6.07, 6.45) is 3.40. The number of aryl methyl sites for hydroxylation is 1. The summed E-state index contributed by atoms with van der Waals surface area (Å²) in [6, 6.07) is 20.4. The van der Waals surface area contributed by atoms with Gasteiger partial charge >= 0.3 is 0 Å². The number of nitrogens with one attached hydrogen (secondary N) is 1. The van der Waals surface area contributed by atoms with Crippen molar-refractivity contribution in [3.63, 3.8) is 0 Å². The first kappa shape index (κ1) is 22.2. The summed E-state index contributed by atoms with van der Waals surface area (Å²) in [7, 11) is 4.09. The van der Waals surface area contributed by atoms with Gasteiger partial charge in [0.1, 0.15) is 17.6 Å². The van der Waals surface area contributed by atoms with E-state index in [1.54, 1.807) is 0 Å². The number of likely N-dealkylation sites (N-methyl/N-ethyl adjacent to an activating group) is 1. The standard InChI is InChI=1S/C27H31N5O2/c1-19(18-31(2)3)34-23-13-11-22(12-14-23)28-27-29-26-9-6-8-24(32(26)30-27)20-10-15-25-21(17-20)7-4-5-16-33-25/h6,8-15,17,19H,4-5,7,16,18H2,1-3H3,(H,28,30). The summed E-state index contributed by atoms with van der Waals surface area (Å²) in [5, 5.41) is 8.06. The molecule has 7 heteroatoms. The number of anilines is 2. The fourth-order valence-corrected chi connectivity index (χ4v) is 4.38. The molecule has 1 atom stereocenters. The Morgan fingerprint density at radius 2 is 1.94 bits per heavy atom. The van der Waals surface area contributed by atoms with Crippen LogP contribution in [-0.2, 0) is 6.42 Å². The van der Waals surface area contributed by atoms with Gasteiger partial charge in [-0.3, -0.25) is 0 Å². The Labute approximate surface area is 200 Å². The first-order valence-electron chi connectivity index (χ1n) is 11.9. The quantitative estimate of drug-likeness (QED) is 0.412. The van der Waals surface area contributed by atoms with Gasteiger partial charge in [0.2, 0.25) is 5.95 Å². The predicted molar refractivity (Wildman–Crippen MR) is 135 cm³/mol. The molecule has 1 aliphatic heterocycles. The summed E-state index contributed by atoms with van der Waals surface area (Å²) in [5.74, 6) is 2.40. The highest BCUT2D eigenvalue weighted by Crippen LogP contribution is 2.30. The van der Waals surface area contributed by atoms with Crippen molar-refractivity contribution in [2.75, 3.05) is 32.6 Å². The van der Waals surface area contributed by atoms with Gasteiger partial charge in [0.05, 0.1) is 12.3 Å². The van der Waals surface area contributed by atoms with Crippen molar-refractivity contribution in [2.24, 2.45) is 0 Å². The molecule has 1 aliphatic rings. The number of hydrogen-bond donors (Lipinski definition) is 1. The smallest absolute Gasteiger partial charge is 0.247 e. The van der Waals surface area contributed by atoms with Crippen LogP contribution in [0.15, 0.2) is 60.7 Å². The van der Waals surface area contributed by atoms with Crippen LogP contribution in [0.5, 0.6) is 11.5 Å². The van der Waals surface area contributed by atoms with E-state index >= 15 is 0 Å². The zero-order valence-corrected chi connectivity index (χ0v) is 20.0. The summed E-state index contributed by atoms with van der Waals surface area (Å²) in [6.45, 7) is 3.73. The molecule has 7 nitrogen and oxygen atoms in total. The van der Waals surface area contributed by atoms with E-state index in [0.717, 1.165) is 66.5 Å². The van der Waals surface area contributed by atoms with E-state index in [0.29, 0.717) is 5.95 Å². The number of aromatic nitrogens is 3. The molecule has 2 aromatic heterocycles. The maximum Gasteiger partial charge on any atom is 0.247 e. The number of rotatable bonds is 7. The lowest BCUT2D eigenvalue weighted by Crippen LogP contribution is -2.27. The third kappa shape index (κ3) is 4.99. The minimum absolute atomic E-state index is 0.117. The molecule has 3 heterocycles. The second-order valence-electron chi connectivity index (χ2n) is 9.08. The lowest BCUT2D eigenvalue weighted by atomic mass is 10.0. The molecule has 0 saturated heterocycles. The van der Waals surface area contributed by atoms with Gasteiger partial charge in [-0.05, 0) is 100 Å². The van der Waals surface area contributed by atoms with Gasteiger partial charge in [-0.1, -0.05) is 6.07 Å². The molecule has 0 aliphatic carbocycles. The van der Waals surface area contributed by atoms with E-state index < -0.39 is 0 Å². The highest BCUT2D eigenvalue weighted by Gasteiger charge is 2.14. The van der Waals surface area contributed by atoms with Gasteiger partial charge in [0, 0.05) is 17.8 Å². The van der Waals surface area contributed by atoms with Crippen molar-refractivity contribution in [3.05, 3.63) is 66.2 Å². The molecule has 2 aromatic carbocycles. The number of hydrogen-bond acceptors (Lipinski definition) is 6. The molecule has 0 radical (unpaired) electrons. The van der Waals surface area contributed by atoms with Gasteiger partial charge in [-0.2, -0.15) is 4.98 Å². The van der Waals surface area contributed by atoms with Crippen LogP contribution in [0, 0.1) is 0 Å². The number of ether oxygens (including phenoxy) is 2. The van der Waals surface area contributed by atoms with Crippen LogP contribution in [-0.4, -0.2) is 52.8 Å². The van der Waals surface area contributed by atoms with Crippen LogP contribution in [0.25, 0.3) is 16.9 Å². The Hall–Kier alpha value is -3.58. The summed E-state index contributed by atoms with van der Waals surface area (Å²) in [4.78, 5) is 6.79. The SMILES string of the molecule is CC(CN(C)C)Oc1ccc(Nc2nc3cccc(-c4ccc5c(c4)CCCCO5)n3n2)cc1. The van der Waals surface area contributed by atoms with E-state index in [2.05, 4.69) is 46.4 Å². The number of benzene rings is 2. The lowest BCUT2D eigenvalue weighted by molar-refractivity contribution is 0.177. The van der Waals surface area contributed by atoms with Crippen LogP contribution in [0.1, 0.15) is 25.3 Å². The summed E-state index contributed by atoms with van der Waals surface area (Å²) >= 11 is 0. The molecule has 5 rings (SSSR count). The summed E-state index contributed by atoms with van der Waals surface area (Å²) in [5.41, 5.74) is 5.08. The van der Waals surface area contributed by atoms with Crippen LogP contribution in [0.3, 0.4) is 0 Å². The van der Waals surface area contributed by atoms with Gasteiger partial charge < -0.3 is 19.7 Å². The summed E-state index contributed by atoms with van der Waals surface area (Å²) < 4.78 is 13.8. The van der Waals surface area contributed by atoms with Crippen molar-refractivity contribution in [1.29, 1.82) is 0 Å². The van der Waals surface area contributed by atoms with Gasteiger partial charge in [-0.25, -0.2) is 4.52 Å². The highest BCUT2D eigenvalue weighted by molar-refractivity contribution is 5.66. The van der Waals surface area contributed by atoms with Crippen molar-refractivity contribution in [2.45, 2.75) is 32.3 Å². The zero-order chi connectivity index (χ0) is 23.5. The van der Waals surface area contributed by atoms with Crippen LogP contribution in [0.2, 0.25) is 0 Å². The molecule has 0 amide bonds. The maximum atomic E-state index is 5.98. The molecule has 0 fully saturated rings. The zero-order valence-electron chi connectivity index (χ0n) is 20.0. The monoisotopic (exact) mass is 457 g/mol. The molecule has 0 spiro atoms. The molecule has 0 bridgehead atoms. The van der Waals surface area contributed by atoms with Crippen LogP contribution >= 0.6 is 0 Å². The Morgan fingerprint density at radius 3 is 2.76 bits per heavy atom. The fraction of sp³-hybridized carbons (Fsp3) is 0.333. The predicted octanol–water partition coefficient (Wildman–Crippen LogP) is 5.18. The topological polar surface area (TPSA) is 63.9 Å². The molecular weight excluding hydrogens is 426 g/mol. The van der Waals surface area contributed by atoms with Crippen molar-refractivity contribution < 1.29 is 9.47 Å². The molecule has 34 heavy (non-hydrogen) atoms. The molecule has 1 unspecified atom stereocenters. The Bertz CT molecular complexity index is 1270. The first-order chi connectivity index (χ1) is 16.5. The molecule has 1 N–H and O–H groups in total. The minimum Gasteiger partial charge on any atom is -0.493 e. The van der Waals surface area contributed by atoms with E-state index in [1.165, 1.54) is 5.56 Å². The van der Waals surface area contributed by atoms with Gasteiger partial charge in [-0.15, -0.1) is 5.10 Å². The number of pyridine rings is 1. The van der Waals surface area contributed by atoms with E-state index in [9.17, 15) is 0 Å². The van der Waals surface area contributed by atoms with E-state index in [4.69, 9.17) is 14.6 Å². The van der Waals surface area contributed by atoms with Crippen molar-refractivity contribution >= 4 is 17.3 Å². The fourth-order valence-electron chi connectivity index (χ4n) is 4.38. The minimum atomic E-state index is 0.117. The highest BCUT2D eigenvalue weighted by atomic mass is 16.5. The Morgan fingerprint density at radius 1 is 1.09 bits per heavy atom. The van der Waals surface area contributed by atoms with Crippen LogP contribution in [0.4, 0.5) is 11.6 Å². The molecule has 4 aromatic rings. The van der Waals surface area contributed by atoms with E-state index in [1.807, 2.05) is 55.0 Å². The second kappa shape index (κ2) is 9.73. The van der Waals surface area contributed by atoms with E-state index in [-0.39, 0.29) is 6.10 Å². The third-order valence-corrected chi connectivity index (χ3v) is 5.88. The van der Waals surface area contributed by atoms with Crippen molar-refractivity contribution in [3.8, 4) is 22.8 Å². The largest absolute Gasteiger partial charge is 0.493 e. The average molecular weight is 458 g/mol. The van der Waals surface area contributed by atoms with Crippen LogP contribution < -0.4 is 14.8 Å². The first-order valence-corrected chi connectivity index (χ1v) is 11.9. The molecule has 176 valence electrons. The lowest BCUT2D eigenvalue weighted by Gasteiger charge is -2.18. The Kier molecular flexibility index (Phi) is 6.36. The third-order valence-electron chi connectivity index (χ3n) is 5.88. The maximum absolute atomic E-state index is 5.98. The Balaban J connectivity index is 1.35. The molecule has 0 saturated carbocycles.